The fourth-order valence-electron chi connectivity index (χ4n) is 4.02. The molecular weight excluding hydrogens is 496 g/mol. The van der Waals surface area contributed by atoms with Crippen LogP contribution >= 0.6 is 11.3 Å². The van der Waals surface area contributed by atoms with Crippen molar-refractivity contribution in [2.45, 2.75) is 53.0 Å². The van der Waals surface area contributed by atoms with Gasteiger partial charge in [-0.1, -0.05) is 69.4 Å². The van der Waals surface area contributed by atoms with Gasteiger partial charge in [-0.05, 0) is 18.8 Å². The predicted molar refractivity (Wildman–Crippen MR) is 150 cm³/mol. The number of benzene rings is 1. The highest BCUT2D eigenvalue weighted by molar-refractivity contribution is 7.12. The second-order valence-electron chi connectivity index (χ2n) is 9.48. The molecule has 5 aromatic heterocycles. The van der Waals surface area contributed by atoms with Crippen LogP contribution in [0.2, 0.25) is 0 Å². The van der Waals surface area contributed by atoms with Gasteiger partial charge in [-0.2, -0.15) is 0 Å². The number of aryl methyl sites for hydroxylation is 2. The van der Waals surface area contributed by atoms with E-state index in [1.54, 1.807) is 5.51 Å². The molecule has 0 aliphatic rings. The maximum atomic E-state index is 4.61. The lowest BCUT2D eigenvalue weighted by Gasteiger charge is -2.04. The summed E-state index contributed by atoms with van der Waals surface area (Å²) in [6.45, 7) is 11.2. The Morgan fingerprint density at radius 3 is 1.97 bits per heavy atom. The van der Waals surface area contributed by atoms with E-state index in [-0.39, 0.29) is 0 Å². The fourth-order valence-corrected chi connectivity index (χ4v) is 4.57. The molecular formula is C27H30N10S. The van der Waals surface area contributed by atoms with Crippen LogP contribution < -0.4 is 0 Å². The van der Waals surface area contributed by atoms with Crippen LogP contribution in [0.15, 0.2) is 48.2 Å². The smallest absolute Gasteiger partial charge is 0.198 e. The van der Waals surface area contributed by atoms with Crippen LogP contribution in [-0.4, -0.2) is 49.2 Å². The third-order valence-corrected chi connectivity index (χ3v) is 6.85. The molecule has 0 unspecified atom stereocenters. The van der Waals surface area contributed by atoms with E-state index < -0.39 is 0 Å². The molecule has 1 aromatic carbocycles. The van der Waals surface area contributed by atoms with Gasteiger partial charge in [0, 0.05) is 19.2 Å². The number of rotatable bonds is 5. The van der Waals surface area contributed by atoms with E-state index in [0.717, 1.165) is 51.4 Å². The zero-order valence-electron chi connectivity index (χ0n) is 22.4. The van der Waals surface area contributed by atoms with Crippen molar-refractivity contribution in [3.8, 4) is 22.2 Å². The first-order valence-corrected chi connectivity index (χ1v) is 13.5. The first-order chi connectivity index (χ1) is 18.4. The molecule has 0 saturated carbocycles. The molecule has 0 N–H and O–H groups in total. The summed E-state index contributed by atoms with van der Waals surface area (Å²) >= 11 is 1.47. The van der Waals surface area contributed by atoms with Gasteiger partial charge in [-0.15, -0.1) is 10.2 Å². The van der Waals surface area contributed by atoms with E-state index in [1.807, 2.05) is 58.9 Å². The Labute approximate surface area is 224 Å². The minimum atomic E-state index is 0.341. The van der Waals surface area contributed by atoms with Gasteiger partial charge in [0.25, 0.3) is 0 Å². The summed E-state index contributed by atoms with van der Waals surface area (Å²) in [6.07, 6.45) is 3.66. The number of hydrogen-bond acceptors (Lipinski definition) is 9. The standard InChI is InChI=1S/C15H16N4.C12H14N6S/c1-10(2)12-9-16-15-13(17-12)18-14(19(15)3)11-7-5-4-6-8-11;1-4-18-10-9(15-8(5-13-10)7(2)3)16-11(18)12-17-14-6-19-12/h4-10H,1-3H3;5-7H,4H2,1-3H3. The lowest BCUT2D eigenvalue weighted by molar-refractivity contribution is 0.779. The fraction of sp³-hybridized carbons (Fsp3) is 0.333. The second kappa shape index (κ2) is 10.7. The van der Waals surface area contributed by atoms with Gasteiger partial charge in [0.2, 0.25) is 0 Å². The Hall–Kier alpha value is -4.12. The number of nitrogens with zero attached hydrogens (tertiary/aromatic N) is 10. The highest BCUT2D eigenvalue weighted by Crippen LogP contribution is 2.25. The molecule has 0 aliphatic carbocycles. The Bertz CT molecular complexity index is 1670. The molecule has 0 atom stereocenters. The topological polar surface area (TPSA) is 113 Å². The van der Waals surface area contributed by atoms with E-state index in [9.17, 15) is 0 Å². The normalized spacial score (nSPS) is 11.5. The van der Waals surface area contributed by atoms with Crippen LogP contribution in [-0.2, 0) is 13.6 Å². The monoisotopic (exact) mass is 526 g/mol. The van der Waals surface area contributed by atoms with Crippen molar-refractivity contribution in [1.82, 2.24) is 49.2 Å². The average Bonchev–Trinajstić information content (AvgIpc) is 3.66. The SMILES string of the molecule is CC(C)c1cnc2c(n1)nc(-c1ccccc1)n2C.CCn1c(-c2nncs2)nc2nc(C(C)C)cnc21. The Morgan fingerprint density at radius 2 is 1.39 bits per heavy atom. The van der Waals surface area contributed by atoms with E-state index in [0.29, 0.717) is 23.1 Å². The summed E-state index contributed by atoms with van der Waals surface area (Å²) in [5, 5.41) is 8.74. The summed E-state index contributed by atoms with van der Waals surface area (Å²) in [4.78, 5) is 27.3. The summed E-state index contributed by atoms with van der Waals surface area (Å²) in [5.41, 5.74) is 7.74. The molecule has 0 spiro atoms. The molecule has 5 heterocycles. The van der Waals surface area contributed by atoms with Crippen molar-refractivity contribution in [3.05, 3.63) is 59.6 Å². The molecule has 38 heavy (non-hydrogen) atoms. The predicted octanol–water partition coefficient (Wildman–Crippen LogP) is 5.64. The molecule has 0 radical (unpaired) electrons. The second-order valence-corrected chi connectivity index (χ2v) is 10.3. The Morgan fingerprint density at radius 1 is 0.789 bits per heavy atom. The van der Waals surface area contributed by atoms with Crippen LogP contribution in [0.3, 0.4) is 0 Å². The highest BCUT2D eigenvalue weighted by atomic mass is 32.1. The van der Waals surface area contributed by atoms with Crippen molar-refractivity contribution < 1.29 is 0 Å². The minimum absolute atomic E-state index is 0.341. The summed E-state index contributed by atoms with van der Waals surface area (Å²) < 4.78 is 4.01. The maximum absolute atomic E-state index is 4.61. The third-order valence-electron chi connectivity index (χ3n) is 6.16. The Kier molecular flexibility index (Phi) is 7.19. The first kappa shape index (κ1) is 25.5. The summed E-state index contributed by atoms with van der Waals surface area (Å²) in [6, 6.07) is 10.1. The van der Waals surface area contributed by atoms with Gasteiger partial charge in [0.1, 0.15) is 11.3 Å². The minimum Gasteiger partial charge on any atom is -0.310 e. The van der Waals surface area contributed by atoms with Gasteiger partial charge >= 0.3 is 0 Å². The van der Waals surface area contributed by atoms with E-state index in [2.05, 4.69) is 74.7 Å². The van der Waals surface area contributed by atoms with Gasteiger partial charge in [0.05, 0.1) is 23.8 Å². The number of hydrogen-bond donors (Lipinski definition) is 0. The van der Waals surface area contributed by atoms with Crippen molar-refractivity contribution >= 4 is 33.9 Å². The van der Waals surface area contributed by atoms with Crippen molar-refractivity contribution in [1.29, 1.82) is 0 Å². The summed E-state index contributed by atoms with van der Waals surface area (Å²) in [7, 11) is 1.97. The first-order valence-electron chi connectivity index (χ1n) is 12.6. The molecule has 0 amide bonds. The third kappa shape index (κ3) is 4.89. The molecule has 0 saturated heterocycles. The van der Waals surface area contributed by atoms with Gasteiger partial charge in [-0.3, -0.25) is 0 Å². The van der Waals surface area contributed by atoms with Crippen molar-refractivity contribution in [2.75, 3.05) is 0 Å². The zero-order valence-corrected chi connectivity index (χ0v) is 23.2. The number of imidazole rings is 2. The van der Waals surface area contributed by atoms with Crippen LogP contribution in [0.25, 0.3) is 44.8 Å². The molecule has 194 valence electrons. The molecule has 6 aromatic rings. The highest BCUT2D eigenvalue weighted by Gasteiger charge is 2.17. The lowest BCUT2D eigenvalue weighted by Crippen LogP contribution is -2.00. The van der Waals surface area contributed by atoms with Gasteiger partial charge < -0.3 is 9.13 Å². The van der Waals surface area contributed by atoms with Crippen molar-refractivity contribution in [3.63, 3.8) is 0 Å². The number of aromatic nitrogens is 10. The molecule has 0 bridgehead atoms. The summed E-state index contributed by atoms with van der Waals surface area (Å²) in [5.74, 6) is 2.39. The van der Waals surface area contributed by atoms with Crippen LogP contribution in [0.1, 0.15) is 57.8 Å². The molecule has 10 nitrogen and oxygen atoms in total. The van der Waals surface area contributed by atoms with Crippen LogP contribution in [0.5, 0.6) is 0 Å². The molecule has 6 rings (SSSR count). The largest absolute Gasteiger partial charge is 0.310 e. The molecule has 0 fully saturated rings. The van der Waals surface area contributed by atoms with Crippen LogP contribution in [0, 0.1) is 0 Å². The number of fused-ring (bicyclic) bond motifs is 2. The zero-order chi connectivity index (χ0) is 26.8. The van der Waals surface area contributed by atoms with Gasteiger partial charge in [-0.25, -0.2) is 29.9 Å². The molecule has 0 aliphatic heterocycles. The van der Waals surface area contributed by atoms with Crippen LogP contribution in [0.4, 0.5) is 0 Å². The maximum Gasteiger partial charge on any atom is 0.198 e. The van der Waals surface area contributed by atoms with E-state index >= 15 is 0 Å². The van der Waals surface area contributed by atoms with Gasteiger partial charge in [0.15, 0.2) is 33.4 Å². The lowest BCUT2D eigenvalue weighted by atomic mass is 10.1. The van der Waals surface area contributed by atoms with Crippen molar-refractivity contribution in [2.24, 2.45) is 7.05 Å². The van der Waals surface area contributed by atoms with E-state index in [4.69, 9.17) is 0 Å². The quantitative estimate of drug-likeness (QED) is 0.283. The van der Waals surface area contributed by atoms with E-state index in [1.165, 1.54) is 11.3 Å². The average molecular weight is 527 g/mol. The Balaban J connectivity index is 0.000000155. The molecule has 11 heteroatoms.